The van der Waals surface area contributed by atoms with Crippen molar-refractivity contribution >= 4 is 5.96 Å². The normalized spacial score (nSPS) is 15.3. The first kappa shape index (κ1) is 19.9. The third-order valence-electron chi connectivity index (χ3n) is 4.33. The van der Waals surface area contributed by atoms with Gasteiger partial charge in [0.05, 0.1) is 6.54 Å². The van der Waals surface area contributed by atoms with E-state index in [1.807, 2.05) is 19.9 Å². The van der Waals surface area contributed by atoms with Crippen molar-refractivity contribution in [3.63, 3.8) is 0 Å². The molecule has 0 aliphatic rings. The lowest BCUT2D eigenvalue weighted by molar-refractivity contribution is 0.0683. The van der Waals surface area contributed by atoms with E-state index < -0.39 is 0 Å². The Kier molecular flexibility index (Phi) is 7.59. The lowest BCUT2D eigenvalue weighted by Gasteiger charge is -2.23. The second-order valence-corrected chi connectivity index (χ2v) is 6.20. The molecule has 0 bridgehead atoms. The highest BCUT2D eigenvalue weighted by Crippen LogP contribution is 2.18. The Hall–Kier alpha value is -2.41. The minimum absolute atomic E-state index is 0.179. The minimum Gasteiger partial charge on any atom is -0.371 e. The Morgan fingerprint density at radius 1 is 1.23 bits per heavy atom. The molecule has 1 aromatic carbocycles. The van der Waals surface area contributed by atoms with Crippen molar-refractivity contribution in [2.75, 3.05) is 13.7 Å². The molecular weight excluding hydrogens is 330 g/mol. The molecule has 142 valence electrons. The molecule has 0 spiro atoms. The van der Waals surface area contributed by atoms with E-state index in [1.54, 1.807) is 7.05 Å². The molecule has 3 atom stereocenters. The standard InChI is InChI=1S/C19H29N5O2/c1-6-25-15(4)18-23-17(26-24-18)12-21-19(20-5)22-14(3)13(2)16-10-8-7-9-11-16/h7-11,13-15H,6,12H2,1-5H3,(H2,20,21,22). The molecule has 3 unspecified atom stereocenters. The summed E-state index contributed by atoms with van der Waals surface area (Å²) >= 11 is 0. The fraction of sp³-hybridized carbons (Fsp3) is 0.526. The van der Waals surface area contributed by atoms with Gasteiger partial charge in [-0.15, -0.1) is 0 Å². The van der Waals surface area contributed by atoms with Gasteiger partial charge in [-0.3, -0.25) is 4.99 Å². The van der Waals surface area contributed by atoms with E-state index in [4.69, 9.17) is 9.26 Å². The van der Waals surface area contributed by atoms with Crippen LogP contribution >= 0.6 is 0 Å². The summed E-state index contributed by atoms with van der Waals surface area (Å²) in [6.45, 7) is 9.18. The second kappa shape index (κ2) is 9.91. The SMILES string of the molecule is CCOC(C)c1noc(CNC(=NC)NC(C)C(C)c2ccccc2)n1. The second-order valence-electron chi connectivity index (χ2n) is 6.20. The predicted octanol–water partition coefficient (Wildman–Crippen LogP) is 3.02. The van der Waals surface area contributed by atoms with Crippen LogP contribution in [0.1, 0.15) is 57.0 Å². The minimum atomic E-state index is -0.179. The Bertz CT molecular complexity index is 686. The molecule has 0 aliphatic heterocycles. The fourth-order valence-corrected chi connectivity index (χ4v) is 2.57. The van der Waals surface area contributed by atoms with Gasteiger partial charge in [-0.2, -0.15) is 4.98 Å². The van der Waals surface area contributed by atoms with Crippen molar-refractivity contribution in [1.82, 2.24) is 20.8 Å². The lowest BCUT2D eigenvalue weighted by Crippen LogP contribution is -2.43. The van der Waals surface area contributed by atoms with Gasteiger partial charge < -0.3 is 19.9 Å². The average Bonchev–Trinajstić information content (AvgIpc) is 3.14. The fourth-order valence-electron chi connectivity index (χ4n) is 2.57. The van der Waals surface area contributed by atoms with Gasteiger partial charge in [-0.05, 0) is 26.3 Å². The third kappa shape index (κ3) is 5.56. The molecule has 26 heavy (non-hydrogen) atoms. The van der Waals surface area contributed by atoms with Crippen molar-refractivity contribution < 1.29 is 9.26 Å². The van der Waals surface area contributed by atoms with E-state index in [-0.39, 0.29) is 12.1 Å². The van der Waals surface area contributed by atoms with Crippen molar-refractivity contribution in [1.29, 1.82) is 0 Å². The van der Waals surface area contributed by atoms with Crippen molar-refractivity contribution in [3.05, 3.63) is 47.6 Å². The quantitative estimate of drug-likeness (QED) is 0.557. The van der Waals surface area contributed by atoms with Crippen molar-refractivity contribution in [2.24, 2.45) is 4.99 Å². The molecule has 7 nitrogen and oxygen atoms in total. The zero-order valence-corrected chi connectivity index (χ0v) is 16.2. The van der Waals surface area contributed by atoms with Crippen LogP contribution in [0.4, 0.5) is 0 Å². The molecule has 7 heteroatoms. The first-order valence-corrected chi connectivity index (χ1v) is 9.01. The number of benzene rings is 1. The summed E-state index contributed by atoms with van der Waals surface area (Å²) < 4.78 is 10.7. The number of nitrogens with one attached hydrogen (secondary N) is 2. The Morgan fingerprint density at radius 3 is 2.62 bits per heavy atom. The number of nitrogens with zero attached hydrogens (tertiary/aromatic N) is 3. The monoisotopic (exact) mass is 359 g/mol. The van der Waals surface area contributed by atoms with Gasteiger partial charge in [-0.1, -0.05) is 42.4 Å². The number of aromatic nitrogens is 2. The zero-order valence-electron chi connectivity index (χ0n) is 16.2. The largest absolute Gasteiger partial charge is 0.371 e. The molecule has 2 N–H and O–H groups in total. The highest BCUT2D eigenvalue weighted by atomic mass is 16.5. The number of hydrogen-bond donors (Lipinski definition) is 2. The molecule has 0 amide bonds. The average molecular weight is 359 g/mol. The molecule has 0 aliphatic carbocycles. The Morgan fingerprint density at radius 2 is 1.96 bits per heavy atom. The smallest absolute Gasteiger partial charge is 0.246 e. The van der Waals surface area contributed by atoms with Crippen LogP contribution in [-0.4, -0.2) is 35.8 Å². The summed E-state index contributed by atoms with van der Waals surface area (Å²) in [7, 11) is 1.74. The molecule has 1 heterocycles. The maximum absolute atomic E-state index is 5.47. The first-order valence-electron chi connectivity index (χ1n) is 9.01. The Balaban J connectivity index is 1.88. The summed E-state index contributed by atoms with van der Waals surface area (Å²) in [4.78, 5) is 8.62. The van der Waals surface area contributed by atoms with Crippen molar-refractivity contribution in [3.8, 4) is 0 Å². The lowest BCUT2D eigenvalue weighted by atomic mass is 9.94. The van der Waals surface area contributed by atoms with Crippen LogP contribution in [0.15, 0.2) is 39.8 Å². The summed E-state index contributed by atoms with van der Waals surface area (Å²) in [5.74, 6) is 2.09. The number of hydrogen-bond acceptors (Lipinski definition) is 5. The number of guanidine groups is 1. The third-order valence-corrected chi connectivity index (χ3v) is 4.33. The van der Waals surface area contributed by atoms with E-state index in [1.165, 1.54) is 5.56 Å². The van der Waals surface area contributed by atoms with E-state index in [0.29, 0.717) is 36.7 Å². The highest BCUT2D eigenvalue weighted by Gasteiger charge is 2.17. The molecular formula is C19H29N5O2. The molecule has 0 saturated carbocycles. The van der Waals surface area contributed by atoms with Crippen LogP contribution in [0.5, 0.6) is 0 Å². The number of aliphatic imine (C=N–C) groups is 1. The van der Waals surface area contributed by atoms with Crippen molar-refractivity contribution in [2.45, 2.75) is 52.3 Å². The predicted molar refractivity (Wildman–Crippen MR) is 102 cm³/mol. The Labute approximate surface area is 155 Å². The maximum Gasteiger partial charge on any atom is 0.246 e. The molecule has 2 rings (SSSR count). The number of ether oxygens (including phenoxy) is 1. The summed E-state index contributed by atoms with van der Waals surface area (Å²) in [5.41, 5.74) is 1.29. The van der Waals surface area contributed by atoms with Crippen LogP contribution in [-0.2, 0) is 11.3 Å². The van der Waals surface area contributed by atoms with E-state index >= 15 is 0 Å². The highest BCUT2D eigenvalue weighted by molar-refractivity contribution is 5.79. The summed E-state index contributed by atoms with van der Waals surface area (Å²) in [5, 5.41) is 10.6. The topological polar surface area (TPSA) is 84.6 Å². The van der Waals surface area contributed by atoms with E-state index in [2.05, 4.69) is 63.9 Å². The molecule has 0 fully saturated rings. The van der Waals surface area contributed by atoms with E-state index in [9.17, 15) is 0 Å². The maximum atomic E-state index is 5.47. The summed E-state index contributed by atoms with van der Waals surface area (Å²) in [6, 6.07) is 10.6. The zero-order chi connectivity index (χ0) is 18.9. The van der Waals surface area contributed by atoms with Crippen LogP contribution in [0, 0.1) is 0 Å². The van der Waals surface area contributed by atoms with Gasteiger partial charge in [0, 0.05) is 25.6 Å². The molecule has 1 aromatic heterocycles. The van der Waals surface area contributed by atoms with Gasteiger partial charge in [0.25, 0.3) is 0 Å². The van der Waals surface area contributed by atoms with Gasteiger partial charge in [0.1, 0.15) is 6.10 Å². The van der Waals surface area contributed by atoms with Gasteiger partial charge in [0.15, 0.2) is 11.8 Å². The van der Waals surface area contributed by atoms with Gasteiger partial charge in [-0.25, -0.2) is 0 Å². The summed E-state index contributed by atoms with van der Waals surface area (Å²) in [6.07, 6.45) is -0.179. The van der Waals surface area contributed by atoms with E-state index in [0.717, 1.165) is 0 Å². The van der Waals surface area contributed by atoms with Crippen LogP contribution in [0.3, 0.4) is 0 Å². The van der Waals surface area contributed by atoms with Gasteiger partial charge in [0.2, 0.25) is 5.89 Å². The van der Waals surface area contributed by atoms with Gasteiger partial charge >= 0.3 is 0 Å². The molecule has 0 saturated heterocycles. The van der Waals surface area contributed by atoms with Crippen LogP contribution < -0.4 is 10.6 Å². The van der Waals surface area contributed by atoms with Crippen LogP contribution in [0.25, 0.3) is 0 Å². The molecule has 0 radical (unpaired) electrons. The number of rotatable bonds is 8. The van der Waals surface area contributed by atoms with Crippen LogP contribution in [0.2, 0.25) is 0 Å². The first-order chi connectivity index (χ1) is 12.5. The molecule has 2 aromatic rings.